The number of aldehydes is 1. The standard InChI is InChI=1S/C12H15N3O/c13-15-14-8-4-7-12(10-16)9-11-5-2-1-3-6-11/h1-3,5-6,10,12H,4,7-9H2. The van der Waals surface area contributed by atoms with Gasteiger partial charge in [-0.1, -0.05) is 35.4 Å². The smallest absolute Gasteiger partial charge is 0.123 e. The van der Waals surface area contributed by atoms with Gasteiger partial charge >= 0.3 is 0 Å². The number of carbonyl (C=O) groups is 1. The van der Waals surface area contributed by atoms with Crippen LogP contribution in [-0.4, -0.2) is 12.8 Å². The van der Waals surface area contributed by atoms with E-state index in [1.807, 2.05) is 30.3 Å². The number of hydrogen-bond acceptors (Lipinski definition) is 2. The lowest BCUT2D eigenvalue weighted by Crippen LogP contribution is -2.06. The molecule has 0 heterocycles. The topological polar surface area (TPSA) is 65.8 Å². The second-order valence-electron chi connectivity index (χ2n) is 3.68. The summed E-state index contributed by atoms with van der Waals surface area (Å²) in [5.74, 6) is 0.0243. The predicted octanol–water partition coefficient (Wildman–Crippen LogP) is 3.13. The molecule has 0 fully saturated rings. The molecule has 0 amide bonds. The van der Waals surface area contributed by atoms with Crippen LogP contribution in [0.5, 0.6) is 0 Å². The molecule has 1 atom stereocenters. The van der Waals surface area contributed by atoms with E-state index in [2.05, 4.69) is 10.0 Å². The van der Waals surface area contributed by atoms with Gasteiger partial charge in [0.25, 0.3) is 0 Å². The zero-order chi connectivity index (χ0) is 11.6. The van der Waals surface area contributed by atoms with Gasteiger partial charge in [0.15, 0.2) is 0 Å². The van der Waals surface area contributed by atoms with Crippen molar-refractivity contribution in [3.8, 4) is 0 Å². The molecule has 0 radical (unpaired) electrons. The number of benzene rings is 1. The monoisotopic (exact) mass is 217 g/mol. The van der Waals surface area contributed by atoms with Gasteiger partial charge in [-0.2, -0.15) is 0 Å². The Morgan fingerprint density at radius 1 is 1.38 bits per heavy atom. The summed E-state index contributed by atoms with van der Waals surface area (Å²) >= 11 is 0. The molecular formula is C12H15N3O. The van der Waals surface area contributed by atoms with E-state index in [1.165, 1.54) is 5.56 Å². The van der Waals surface area contributed by atoms with Gasteiger partial charge in [0.1, 0.15) is 6.29 Å². The van der Waals surface area contributed by atoms with Crippen LogP contribution in [0.3, 0.4) is 0 Å². The van der Waals surface area contributed by atoms with Crippen molar-refractivity contribution in [2.24, 2.45) is 11.0 Å². The van der Waals surface area contributed by atoms with Gasteiger partial charge in [-0.15, -0.1) is 0 Å². The summed E-state index contributed by atoms with van der Waals surface area (Å²) in [6, 6.07) is 9.93. The second kappa shape index (κ2) is 7.49. The van der Waals surface area contributed by atoms with Crippen LogP contribution in [0.2, 0.25) is 0 Å². The average molecular weight is 217 g/mol. The fourth-order valence-corrected chi connectivity index (χ4v) is 1.60. The maximum atomic E-state index is 10.9. The van der Waals surface area contributed by atoms with Gasteiger partial charge in [-0.3, -0.25) is 0 Å². The van der Waals surface area contributed by atoms with Crippen molar-refractivity contribution in [1.29, 1.82) is 0 Å². The molecular weight excluding hydrogens is 202 g/mol. The number of nitrogens with zero attached hydrogens (tertiary/aromatic N) is 3. The highest BCUT2D eigenvalue weighted by atomic mass is 16.1. The molecule has 4 heteroatoms. The van der Waals surface area contributed by atoms with Gasteiger partial charge in [-0.05, 0) is 30.4 Å². The van der Waals surface area contributed by atoms with E-state index in [0.717, 1.165) is 25.5 Å². The van der Waals surface area contributed by atoms with E-state index < -0.39 is 0 Å². The van der Waals surface area contributed by atoms with Crippen LogP contribution < -0.4 is 0 Å². The summed E-state index contributed by atoms with van der Waals surface area (Å²) in [5.41, 5.74) is 9.28. The third-order valence-corrected chi connectivity index (χ3v) is 2.43. The summed E-state index contributed by atoms with van der Waals surface area (Å²) in [6.07, 6.45) is 3.29. The summed E-state index contributed by atoms with van der Waals surface area (Å²) < 4.78 is 0. The lowest BCUT2D eigenvalue weighted by Gasteiger charge is -2.08. The molecule has 0 bridgehead atoms. The van der Waals surface area contributed by atoms with Gasteiger partial charge in [-0.25, -0.2) is 0 Å². The molecule has 0 N–H and O–H groups in total. The summed E-state index contributed by atoms with van der Waals surface area (Å²) in [4.78, 5) is 13.5. The second-order valence-corrected chi connectivity index (χ2v) is 3.68. The molecule has 0 aliphatic carbocycles. The van der Waals surface area contributed by atoms with Crippen molar-refractivity contribution in [2.75, 3.05) is 6.54 Å². The van der Waals surface area contributed by atoms with Crippen molar-refractivity contribution in [2.45, 2.75) is 19.3 Å². The molecule has 0 saturated heterocycles. The highest BCUT2D eigenvalue weighted by Crippen LogP contribution is 2.12. The minimum atomic E-state index is 0.0243. The van der Waals surface area contributed by atoms with Crippen LogP contribution in [0.15, 0.2) is 35.4 Å². The first kappa shape index (κ1) is 12.3. The molecule has 0 aromatic heterocycles. The van der Waals surface area contributed by atoms with Crippen LogP contribution in [-0.2, 0) is 11.2 Å². The van der Waals surface area contributed by atoms with Gasteiger partial charge < -0.3 is 4.79 Å². The minimum absolute atomic E-state index is 0.0243. The van der Waals surface area contributed by atoms with Crippen LogP contribution in [0.4, 0.5) is 0 Å². The Labute approximate surface area is 94.9 Å². The first-order chi connectivity index (χ1) is 7.86. The molecule has 16 heavy (non-hydrogen) atoms. The third kappa shape index (κ3) is 4.62. The summed E-state index contributed by atoms with van der Waals surface area (Å²) in [6.45, 7) is 0.468. The number of hydrogen-bond donors (Lipinski definition) is 0. The highest BCUT2D eigenvalue weighted by molar-refractivity contribution is 5.54. The summed E-state index contributed by atoms with van der Waals surface area (Å²) in [7, 11) is 0. The van der Waals surface area contributed by atoms with Crippen LogP contribution in [0.1, 0.15) is 18.4 Å². The first-order valence-electron chi connectivity index (χ1n) is 5.37. The fraction of sp³-hybridized carbons (Fsp3) is 0.417. The van der Waals surface area contributed by atoms with E-state index in [1.54, 1.807) is 0 Å². The Morgan fingerprint density at radius 3 is 2.75 bits per heavy atom. The lowest BCUT2D eigenvalue weighted by atomic mass is 9.96. The Bertz CT molecular complexity index is 358. The SMILES string of the molecule is [N-]=[N+]=NCCCC(C=O)Cc1ccccc1. The van der Waals surface area contributed by atoms with Crippen LogP contribution in [0, 0.1) is 5.92 Å². The Kier molecular flexibility index (Phi) is 5.74. The zero-order valence-corrected chi connectivity index (χ0v) is 9.12. The lowest BCUT2D eigenvalue weighted by molar-refractivity contribution is -0.111. The highest BCUT2D eigenvalue weighted by Gasteiger charge is 2.07. The molecule has 0 spiro atoms. The fourth-order valence-electron chi connectivity index (χ4n) is 1.60. The van der Waals surface area contributed by atoms with E-state index in [4.69, 9.17) is 5.53 Å². The molecule has 1 rings (SSSR count). The van der Waals surface area contributed by atoms with Crippen LogP contribution in [0.25, 0.3) is 10.4 Å². The molecule has 0 saturated carbocycles. The molecule has 0 aliphatic rings. The Morgan fingerprint density at radius 2 is 2.12 bits per heavy atom. The first-order valence-corrected chi connectivity index (χ1v) is 5.37. The third-order valence-electron chi connectivity index (χ3n) is 2.43. The molecule has 84 valence electrons. The van der Waals surface area contributed by atoms with E-state index >= 15 is 0 Å². The van der Waals surface area contributed by atoms with Crippen molar-refractivity contribution in [3.63, 3.8) is 0 Å². The summed E-state index contributed by atoms with van der Waals surface area (Å²) in [5, 5.41) is 3.45. The molecule has 4 nitrogen and oxygen atoms in total. The number of azide groups is 1. The molecule has 1 aromatic rings. The van der Waals surface area contributed by atoms with Crippen molar-refractivity contribution in [1.82, 2.24) is 0 Å². The maximum Gasteiger partial charge on any atom is 0.123 e. The Balaban J connectivity index is 2.37. The normalized spacial score (nSPS) is 11.5. The largest absolute Gasteiger partial charge is 0.303 e. The van der Waals surface area contributed by atoms with Crippen molar-refractivity contribution >= 4 is 6.29 Å². The molecule has 1 aromatic carbocycles. The van der Waals surface area contributed by atoms with Gasteiger partial charge in [0, 0.05) is 17.4 Å². The quantitative estimate of drug-likeness (QED) is 0.227. The van der Waals surface area contributed by atoms with Crippen molar-refractivity contribution in [3.05, 3.63) is 46.3 Å². The average Bonchev–Trinajstić information content (AvgIpc) is 2.34. The zero-order valence-electron chi connectivity index (χ0n) is 9.12. The molecule has 0 aliphatic heterocycles. The van der Waals surface area contributed by atoms with E-state index in [-0.39, 0.29) is 5.92 Å². The van der Waals surface area contributed by atoms with Crippen molar-refractivity contribution < 1.29 is 4.79 Å². The van der Waals surface area contributed by atoms with E-state index in [9.17, 15) is 4.79 Å². The van der Waals surface area contributed by atoms with Gasteiger partial charge in [0.2, 0.25) is 0 Å². The number of carbonyl (C=O) groups excluding carboxylic acids is 1. The van der Waals surface area contributed by atoms with Gasteiger partial charge in [0.05, 0.1) is 0 Å². The molecule has 1 unspecified atom stereocenters. The Hall–Kier alpha value is -1.80. The maximum absolute atomic E-state index is 10.9. The minimum Gasteiger partial charge on any atom is -0.303 e. The number of rotatable bonds is 7. The predicted molar refractivity (Wildman–Crippen MR) is 62.9 cm³/mol. The van der Waals surface area contributed by atoms with E-state index in [0.29, 0.717) is 6.54 Å². The van der Waals surface area contributed by atoms with Crippen LogP contribution >= 0.6 is 0 Å².